The minimum atomic E-state index is -0.104. The first-order valence-electron chi connectivity index (χ1n) is 7.91. The van der Waals surface area contributed by atoms with Crippen LogP contribution >= 0.6 is 0 Å². The molecule has 20 heavy (non-hydrogen) atoms. The number of nitrogens with two attached hydrogens (primary N) is 1. The van der Waals surface area contributed by atoms with E-state index in [1.807, 2.05) is 6.92 Å². The fourth-order valence-corrected chi connectivity index (χ4v) is 3.64. The maximum Gasteiger partial charge on any atom is 0.239 e. The summed E-state index contributed by atoms with van der Waals surface area (Å²) in [5.74, 6) is 0.955. The molecule has 2 unspecified atom stereocenters. The zero-order valence-corrected chi connectivity index (χ0v) is 12.4. The summed E-state index contributed by atoms with van der Waals surface area (Å²) >= 11 is 0. The van der Waals surface area contributed by atoms with Crippen LogP contribution in [0.3, 0.4) is 0 Å². The molecule has 0 saturated heterocycles. The molecular formula is C15H27N3O2. The number of hydrogen-bond donors (Lipinski definition) is 3. The SMILES string of the molecule is CCCNC(=O)CNC(=O)C1CC2CCCC(C1)C2N. The summed E-state index contributed by atoms with van der Waals surface area (Å²) in [6.07, 6.45) is 6.23. The fraction of sp³-hybridized carbons (Fsp3) is 0.867. The first-order valence-corrected chi connectivity index (χ1v) is 7.91. The van der Waals surface area contributed by atoms with Crippen LogP contribution in [0.4, 0.5) is 0 Å². The predicted molar refractivity (Wildman–Crippen MR) is 77.8 cm³/mol. The normalized spacial score (nSPS) is 32.5. The molecule has 2 saturated carbocycles. The summed E-state index contributed by atoms with van der Waals surface area (Å²) in [4.78, 5) is 23.7. The molecule has 2 aliphatic rings. The Balaban J connectivity index is 1.77. The number of hydrogen-bond acceptors (Lipinski definition) is 3. The third-order valence-electron chi connectivity index (χ3n) is 4.78. The molecule has 2 rings (SSSR count). The summed E-state index contributed by atoms with van der Waals surface area (Å²) in [7, 11) is 0. The van der Waals surface area contributed by atoms with E-state index in [2.05, 4.69) is 10.6 Å². The molecule has 0 radical (unpaired) electrons. The molecule has 0 spiro atoms. The van der Waals surface area contributed by atoms with Crippen molar-refractivity contribution in [2.75, 3.05) is 13.1 Å². The molecule has 5 nitrogen and oxygen atoms in total. The lowest BCUT2D eigenvalue weighted by Gasteiger charge is -2.43. The van der Waals surface area contributed by atoms with Gasteiger partial charge >= 0.3 is 0 Å². The third-order valence-corrected chi connectivity index (χ3v) is 4.78. The largest absolute Gasteiger partial charge is 0.355 e. The van der Waals surface area contributed by atoms with Gasteiger partial charge in [-0.2, -0.15) is 0 Å². The Bertz CT molecular complexity index is 345. The third kappa shape index (κ3) is 3.72. The van der Waals surface area contributed by atoms with Crippen molar-refractivity contribution in [1.82, 2.24) is 10.6 Å². The Labute approximate surface area is 121 Å². The minimum absolute atomic E-state index is 0.0282. The maximum atomic E-state index is 12.2. The van der Waals surface area contributed by atoms with Gasteiger partial charge in [0.05, 0.1) is 6.54 Å². The molecule has 2 aliphatic carbocycles. The van der Waals surface area contributed by atoms with Gasteiger partial charge in [-0.3, -0.25) is 9.59 Å². The van der Waals surface area contributed by atoms with Crippen LogP contribution < -0.4 is 16.4 Å². The van der Waals surface area contributed by atoms with E-state index in [1.165, 1.54) is 6.42 Å². The Morgan fingerprint density at radius 2 is 1.80 bits per heavy atom. The van der Waals surface area contributed by atoms with Gasteiger partial charge in [0.15, 0.2) is 0 Å². The summed E-state index contributed by atoms with van der Waals surface area (Å²) in [5.41, 5.74) is 6.23. The molecule has 2 bridgehead atoms. The van der Waals surface area contributed by atoms with Gasteiger partial charge in [0.25, 0.3) is 0 Å². The fourth-order valence-electron chi connectivity index (χ4n) is 3.64. The first kappa shape index (κ1) is 15.3. The van der Waals surface area contributed by atoms with E-state index in [0.29, 0.717) is 18.4 Å². The average molecular weight is 281 g/mol. The second kappa shape index (κ2) is 7.07. The highest BCUT2D eigenvalue weighted by molar-refractivity contribution is 5.85. The molecule has 2 atom stereocenters. The smallest absolute Gasteiger partial charge is 0.239 e. The van der Waals surface area contributed by atoms with Crippen molar-refractivity contribution in [2.45, 2.75) is 51.5 Å². The maximum absolute atomic E-state index is 12.2. The zero-order valence-electron chi connectivity index (χ0n) is 12.4. The molecule has 0 aliphatic heterocycles. The molecule has 0 aromatic heterocycles. The highest BCUT2D eigenvalue weighted by atomic mass is 16.2. The lowest BCUT2D eigenvalue weighted by molar-refractivity contribution is -0.130. The van der Waals surface area contributed by atoms with E-state index in [1.54, 1.807) is 0 Å². The van der Waals surface area contributed by atoms with Crippen LogP contribution in [0.1, 0.15) is 45.4 Å². The number of carbonyl (C=O) groups is 2. The van der Waals surface area contributed by atoms with Gasteiger partial charge in [0.2, 0.25) is 11.8 Å². The van der Waals surface area contributed by atoms with E-state index >= 15 is 0 Å². The van der Waals surface area contributed by atoms with Crippen LogP contribution in [0.2, 0.25) is 0 Å². The van der Waals surface area contributed by atoms with Crippen molar-refractivity contribution in [1.29, 1.82) is 0 Å². The lowest BCUT2D eigenvalue weighted by Crippen LogP contribution is -2.49. The Morgan fingerprint density at radius 1 is 1.15 bits per heavy atom. The van der Waals surface area contributed by atoms with Crippen molar-refractivity contribution in [3.8, 4) is 0 Å². The van der Waals surface area contributed by atoms with Crippen molar-refractivity contribution >= 4 is 11.8 Å². The number of nitrogens with one attached hydrogen (secondary N) is 2. The molecule has 0 aromatic carbocycles. The van der Waals surface area contributed by atoms with Crippen molar-refractivity contribution in [2.24, 2.45) is 23.5 Å². The molecule has 0 aromatic rings. The number of carbonyl (C=O) groups excluding carboxylic acids is 2. The zero-order chi connectivity index (χ0) is 14.5. The van der Waals surface area contributed by atoms with E-state index in [-0.39, 0.29) is 30.3 Å². The molecule has 2 fully saturated rings. The average Bonchev–Trinajstić information content (AvgIpc) is 2.42. The first-order chi connectivity index (χ1) is 9.61. The molecule has 4 N–H and O–H groups in total. The Hall–Kier alpha value is -1.10. The van der Waals surface area contributed by atoms with Crippen LogP contribution in [0, 0.1) is 17.8 Å². The molecular weight excluding hydrogens is 254 g/mol. The van der Waals surface area contributed by atoms with E-state index < -0.39 is 0 Å². The second-order valence-electron chi connectivity index (χ2n) is 6.26. The van der Waals surface area contributed by atoms with Gasteiger partial charge in [0.1, 0.15) is 0 Å². The number of rotatable bonds is 5. The van der Waals surface area contributed by atoms with Gasteiger partial charge in [-0.25, -0.2) is 0 Å². The van der Waals surface area contributed by atoms with Crippen LogP contribution in [0.5, 0.6) is 0 Å². The highest BCUT2D eigenvalue weighted by Crippen LogP contribution is 2.41. The Kier molecular flexibility index (Phi) is 5.40. The summed E-state index contributed by atoms with van der Waals surface area (Å²) < 4.78 is 0. The van der Waals surface area contributed by atoms with Crippen LogP contribution in [0.15, 0.2) is 0 Å². The van der Waals surface area contributed by atoms with Crippen molar-refractivity contribution < 1.29 is 9.59 Å². The predicted octanol–water partition coefficient (Wildman–Crippen LogP) is 0.782. The minimum Gasteiger partial charge on any atom is -0.355 e. The highest BCUT2D eigenvalue weighted by Gasteiger charge is 2.40. The van der Waals surface area contributed by atoms with Gasteiger partial charge in [-0.1, -0.05) is 13.3 Å². The van der Waals surface area contributed by atoms with Crippen molar-refractivity contribution in [3.05, 3.63) is 0 Å². The lowest BCUT2D eigenvalue weighted by atomic mass is 9.65. The van der Waals surface area contributed by atoms with Gasteiger partial charge < -0.3 is 16.4 Å². The second-order valence-corrected chi connectivity index (χ2v) is 6.26. The summed E-state index contributed by atoms with van der Waals surface area (Å²) in [6, 6.07) is 0.278. The number of amides is 2. The summed E-state index contributed by atoms with van der Waals surface area (Å²) in [6.45, 7) is 2.76. The van der Waals surface area contributed by atoms with E-state index in [0.717, 1.165) is 32.1 Å². The van der Waals surface area contributed by atoms with E-state index in [9.17, 15) is 9.59 Å². The van der Waals surface area contributed by atoms with Crippen molar-refractivity contribution in [3.63, 3.8) is 0 Å². The topological polar surface area (TPSA) is 84.2 Å². The number of fused-ring (bicyclic) bond motifs is 2. The van der Waals surface area contributed by atoms with Gasteiger partial charge in [0, 0.05) is 18.5 Å². The Morgan fingerprint density at radius 3 is 2.40 bits per heavy atom. The van der Waals surface area contributed by atoms with Crippen LogP contribution in [-0.2, 0) is 9.59 Å². The van der Waals surface area contributed by atoms with Crippen LogP contribution in [0.25, 0.3) is 0 Å². The monoisotopic (exact) mass is 281 g/mol. The standard InChI is InChI=1S/C15H27N3O2/c1-2-6-17-13(19)9-18-15(20)12-7-10-4-3-5-11(8-12)14(10)16/h10-12,14H,2-9,16H2,1H3,(H,17,19)(H,18,20). The molecule has 0 heterocycles. The van der Waals surface area contributed by atoms with Gasteiger partial charge in [-0.15, -0.1) is 0 Å². The van der Waals surface area contributed by atoms with Crippen LogP contribution in [-0.4, -0.2) is 30.9 Å². The summed E-state index contributed by atoms with van der Waals surface area (Å²) in [5, 5.41) is 5.54. The molecule has 2 amide bonds. The quantitative estimate of drug-likeness (QED) is 0.696. The van der Waals surface area contributed by atoms with Gasteiger partial charge in [-0.05, 0) is 43.9 Å². The molecule has 5 heteroatoms. The molecule has 114 valence electrons. The van der Waals surface area contributed by atoms with E-state index in [4.69, 9.17) is 5.73 Å².